The first-order valence-corrected chi connectivity index (χ1v) is 9.90. The fourth-order valence-electron chi connectivity index (χ4n) is 2.69. The summed E-state index contributed by atoms with van der Waals surface area (Å²) in [5, 5.41) is 12.1. The lowest BCUT2D eigenvalue weighted by Crippen LogP contribution is -2.16. The number of aryl methyl sites for hydroxylation is 1. The number of carbonyl (C=O) groups excluding carboxylic acids is 1. The number of hydrogen-bond donors (Lipinski definition) is 1. The van der Waals surface area contributed by atoms with Crippen molar-refractivity contribution in [3.05, 3.63) is 82.9 Å². The quantitative estimate of drug-likeness (QED) is 0.491. The molecule has 0 aliphatic rings. The molecule has 2 heterocycles. The number of benzene rings is 2. The van der Waals surface area contributed by atoms with E-state index in [9.17, 15) is 4.79 Å². The number of rotatable bonds is 6. The summed E-state index contributed by atoms with van der Waals surface area (Å²) in [5.41, 5.74) is 3.28. The molecule has 0 saturated heterocycles. The summed E-state index contributed by atoms with van der Waals surface area (Å²) < 4.78 is 7.37. The maximum absolute atomic E-state index is 12.7. The molecule has 0 unspecified atom stereocenters. The smallest absolute Gasteiger partial charge is 0.296 e. The topological polar surface area (TPSA) is 81.9 Å². The van der Waals surface area contributed by atoms with Gasteiger partial charge in [-0.25, -0.2) is 4.98 Å². The molecular weight excluding hydrogens is 410 g/mol. The van der Waals surface area contributed by atoms with Gasteiger partial charge in [-0.05, 0) is 47.6 Å². The van der Waals surface area contributed by atoms with Crippen molar-refractivity contribution in [1.82, 2.24) is 19.7 Å². The van der Waals surface area contributed by atoms with E-state index < -0.39 is 0 Å². The lowest BCUT2D eigenvalue weighted by Gasteiger charge is -2.10. The van der Waals surface area contributed by atoms with Gasteiger partial charge in [0.05, 0.1) is 18.2 Å². The highest BCUT2D eigenvalue weighted by molar-refractivity contribution is 7.17. The van der Waals surface area contributed by atoms with Gasteiger partial charge in [0.25, 0.3) is 11.1 Å². The average molecular weight is 426 g/mol. The third-order valence-electron chi connectivity index (χ3n) is 4.15. The van der Waals surface area contributed by atoms with Crippen molar-refractivity contribution in [3.8, 4) is 10.9 Å². The van der Waals surface area contributed by atoms with Crippen LogP contribution in [0.1, 0.15) is 21.6 Å². The van der Waals surface area contributed by atoms with Gasteiger partial charge in [-0.3, -0.25) is 14.7 Å². The average Bonchev–Trinajstić information content (AvgIpc) is 3.37. The largest absolute Gasteiger partial charge is 0.464 e. The number of aromatic nitrogens is 4. The number of imidazole rings is 1. The number of ether oxygens (including phenoxy) is 1. The third-order valence-corrected chi connectivity index (χ3v) is 5.15. The lowest BCUT2D eigenvalue weighted by atomic mass is 10.2. The molecule has 0 spiro atoms. The zero-order valence-corrected chi connectivity index (χ0v) is 16.9. The normalized spacial score (nSPS) is 10.7. The molecule has 0 bridgehead atoms. The first-order valence-electron chi connectivity index (χ1n) is 8.70. The van der Waals surface area contributed by atoms with E-state index in [1.165, 1.54) is 6.20 Å². The molecule has 9 heteroatoms. The van der Waals surface area contributed by atoms with Crippen molar-refractivity contribution in [2.45, 2.75) is 13.5 Å². The van der Waals surface area contributed by atoms with Gasteiger partial charge < -0.3 is 4.74 Å². The van der Waals surface area contributed by atoms with Crippen molar-refractivity contribution in [2.75, 3.05) is 5.32 Å². The molecule has 4 aromatic rings. The molecule has 29 heavy (non-hydrogen) atoms. The van der Waals surface area contributed by atoms with Crippen LogP contribution in [0.15, 0.2) is 61.1 Å². The van der Waals surface area contributed by atoms with Crippen LogP contribution in [0.5, 0.6) is 5.19 Å². The molecule has 0 aliphatic heterocycles. The van der Waals surface area contributed by atoms with Crippen LogP contribution < -0.4 is 10.1 Å². The Morgan fingerprint density at radius 1 is 1.17 bits per heavy atom. The molecule has 1 N–H and O–H groups in total. The van der Waals surface area contributed by atoms with E-state index >= 15 is 0 Å². The van der Waals surface area contributed by atoms with Crippen molar-refractivity contribution >= 4 is 34.0 Å². The van der Waals surface area contributed by atoms with E-state index in [1.807, 2.05) is 43.3 Å². The van der Waals surface area contributed by atoms with Crippen molar-refractivity contribution in [3.63, 3.8) is 0 Å². The molecule has 146 valence electrons. The SMILES string of the molecule is Cc1ccccc1-n1cncc1C(=O)Nc1nnc(OCc2ccc(Cl)cc2)s1. The minimum Gasteiger partial charge on any atom is -0.464 e. The summed E-state index contributed by atoms with van der Waals surface area (Å²) in [6, 6.07) is 15.1. The molecule has 0 radical (unpaired) electrons. The predicted octanol–water partition coefficient (Wildman–Crippen LogP) is 4.52. The van der Waals surface area contributed by atoms with Crippen molar-refractivity contribution in [2.24, 2.45) is 0 Å². The lowest BCUT2D eigenvalue weighted by molar-refractivity contribution is 0.102. The number of carbonyl (C=O) groups is 1. The molecule has 0 saturated carbocycles. The minimum atomic E-state index is -0.328. The van der Waals surface area contributed by atoms with Gasteiger partial charge in [0.2, 0.25) is 5.13 Å². The van der Waals surface area contributed by atoms with Gasteiger partial charge in [0, 0.05) is 5.02 Å². The van der Waals surface area contributed by atoms with Gasteiger partial charge in [-0.15, -0.1) is 5.10 Å². The maximum Gasteiger partial charge on any atom is 0.296 e. The van der Waals surface area contributed by atoms with Crippen LogP contribution in [0.3, 0.4) is 0 Å². The van der Waals surface area contributed by atoms with Gasteiger partial charge in [-0.1, -0.05) is 47.0 Å². The Morgan fingerprint density at radius 3 is 2.76 bits per heavy atom. The molecule has 4 rings (SSSR count). The minimum absolute atomic E-state index is 0.328. The molecule has 2 aromatic carbocycles. The fourth-order valence-corrected chi connectivity index (χ4v) is 3.41. The molecular formula is C20H16ClN5O2S. The van der Waals surface area contributed by atoms with Gasteiger partial charge >= 0.3 is 0 Å². The standard InChI is InChI=1S/C20H16ClN5O2S/c1-13-4-2-3-5-16(13)26-12-22-10-17(26)18(27)23-19-24-25-20(29-19)28-11-14-6-8-15(21)9-7-14/h2-10,12H,11H2,1H3,(H,23,24,27). The molecule has 7 nitrogen and oxygen atoms in total. The zero-order valence-electron chi connectivity index (χ0n) is 15.4. The van der Waals surface area contributed by atoms with Crippen LogP contribution in [-0.4, -0.2) is 25.7 Å². The Hall–Kier alpha value is -3.23. The maximum atomic E-state index is 12.7. The number of nitrogens with zero attached hydrogens (tertiary/aromatic N) is 4. The van der Waals surface area contributed by atoms with E-state index in [1.54, 1.807) is 23.0 Å². The van der Waals surface area contributed by atoms with E-state index in [4.69, 9.17) is 16.3 Å². The summed E-state index contributed by atoms with van der Waals surface area (Å²) in [4.78, 5) is 16.8. The molecule has 2 aromatic heterocycles. The van der Waals surface area contributed by atoms with E-state index in [-0.39, 0.29) is 5.91 Å². The molecule has 1 amide bonds. The number of halogens is 1. The summed E-state index contributed by atoms with van der Waals surface area (Å²) in [6.45, 7) is 2.31. The predicted molar refractivity (Wildman–Crippen MR) is 112 cm³/mol. The highest BCUT2D eigenvalue weighted by atomic mass is 35.5. The van der Waals surface area contributed by atoms with Gasteiger partial charge in [-0.2, -0.15) is 0 Å². The summed E-state index contributed by atoms with van der Waals surface area (Å²) >= 11 is 7.03. The summed E-state index contributed by atoms with van der Waals surface area (Å²) in [5.74, 6) is -0.328. The highest BCUT2D eigenvalue weighted by Gasteiger charge is 2.16. The van der Waals surface area contributed by atoms with E-state index in [2.05, 4.69) is 20.5 Å². The molecule has 0 atom stereocenters. The highest BCUT2D eigenvalue weighted by Crippen LogP contribution is 2.24. The Bertz CT molecular complexity index is 1140. The Kier molecular flexibility index (Phi) is 5.55. The van der Waals surface area contributed by atoms with Crippen LogP contribution in [0, 0.1) is 6.92 Å². The number of hydrogen-bond acceptors (Lipinski definition) is 6. The second-order valence-electron chi connectivity index (χ2n) is 6.18. The Labute approximate surface area is 176 Å². The number of nitrogens with one attached hydrogen (secondary N) is 1. The monoisotopic (exact) mass is 425 g/mol. The number of amides is 1. The first-order chi connectivity index (χ1) is 14.1. The van der Waals surface area contributed by atoms with E-state index in [0.29, 0.717) is 27.6 Å². The fraction of sp³-hybridized carbons (Fsp3) is 0.100. The van der Waals surface area contributed by atoms with Gasteiger partial charge in [0.1, 0.15) is 12.3 Å². The van der Waals surface area contributed by atoms with Crippen LogP contribution in [0.25, 0.3) is 5.69 Å². The number of para-hydroxylation sites is 1. The Morgan fingerprint density at radius 2 is 1.97 bits per heavy atom. The molecule has 0 aliphatic carbocycles. The second kappa shape index (κ2) is 8.42. The second-order valence-corrected chi connectivity index (χ2v) is 7.55. The van der Waals surface area contributed by atoms with Crippen LogP contribution in [-0.2, 0) is 6.61 Å². The van der Waals surface area contributed by atoms with Crippen LogP contribution >= 0.6 is 22.9 Å². The van der Waals surface area contributed by atoms with Gasteiger partial charge in [0.15, 0.2) is 0 Å². The van der Waals surface area contributed by atoms with Crippen molar-refractivity contribution < 1.29 is 9.53 Å². The van der Waals surface area contributed by atoms with Crippen molar-refractivity contribution in [1.29, 1.82) is 0 Å². The zero-order chi connectivity index (χ0) is 20.2. The number of anilines is 1. The summed E-state index contributed by atoms with van der Waals surface area (Å²) in [7, 11) is 0. The third kappa shape index (κ3) is 4.44. The van der Waals surface area contributed by atoms with Crippen LogP contribution in [0.2, 0.25) is 5.02 Å². The van der Waals surface area contributed by atoms with Crippen LogP contribution in [0.4, 0.5) is 5.13 Å². The van der Waals surface area contributed by atoms with E-state index in [0.717, 1.165) is 28.2 Å². The molecule has 0 fully saturated rings. The summed E-state index contributed by atoms with van der Waals surface area (Å²) in [6.07, 6.45) is 3.12. The Balaban J connectivity index is 1.43. The first kappa shape index (κ1) is 19.1.